The maximum Gasteiger partial charge on any atom is 0.219 e. The van der Waals surface area contributed by atoms with Crippen LogP contribution in [0.15, 0.2) is 0 Å². The molecule has 0 rings (SSSR count). The quantitative estimate of drug-likeness (QED) is 0.631. The van der Waals surface area contributed by atoms with E-state index in [1.54, 1.807) is 0 Å². The largest absolute Gasteiger partial charge is 0.356 e. The maximum atomic E-state index is 10.6. The molecule has 0 aliphatic rings. The van der Waals surface area contributed by atoms with Gasteiger partial charge in [0.25, 0.3) is 0 Å². The number of carbonyl (C=O) groups is 1. The summed E-state index contributed by atoms with van der Waals surface area (Å²) in [6.45, 7) is 8.53. The SMILES string of the molecule is [CH2]CC(=O)NCCC(C)C. The Kier molecular flexibility index (Phi) is 4.99. The van der Waals surface area contributed by atoms with Crippen molar-refractivity contribution in [3.8, 4) is 0 Å². The Hall–Kier alpha value is -0.530. The van der Waals surface area contributed by atoms with Gasteiger partial charge in [-0.3, -0.25) is 4.79 Å². The summed E-state index contributed by atoms with van der Waals surface area (Å²) in [7, 11) is 0. The van der Waals surface area contributed by atoms with E-state index < -0.39 is 0 Å². The van der Waals surface area contributed by atoms with Gasteiger partial charge in [0, 0.05) is 13.0 Å². The monoisotopic (exact) mass is 142 g/mol. The van der Waals surface area contributed by atoms with Gasteiger partial charge in [0.15, 0.2) is 0 Å². The number of hydrogen-bond acceptors (Lipinski definition) is 1. The van der Waals surface area contributed by atoms with Gasteiger partial charge in [-0.2, -0.15) is 0 Å². The average Bonchev–Trinajstić information content (AvgIpc) is 1.87. The fourth-order valence-corrected chi connectivity index (χ4v) is 0.589. The normalized spacial score (nSPS) is 10.0. The summed E-state index contributed by atoms with van der Waals surface area (Å²) in [5.74, 6) is 0.700. The van der Waals surface area contributed by atoms with Crippen LogP contribution in [0.1, 0.15) is 26.7 Å². The molecule has 0 aliphatic heterocycles. The van der Waals surface area contributed by atoms with Crippen molar-refractivity contribution >= 4 is 5.91 Å². The molecule has 0 aromatic rings. The van der Waals surface area contributed by atoms with Crippen molar-refractivity contribution in [3.63, 3.8) is 0 Å². The molecule has 10 heavy (non-hydrogen) atoms. The Morgan fingerprint density at radius 1 is 1.60 bits per heavy atom. The van der Waals surface area contributed by atoms with Crippen molar-refractivity contribution in [2.75, 3.05) is 6.54 Å². The van der Waals surface area contributed by atoms with Crippen LogP contribution >= 0.6 is 0 Å². The number of amides is 1. The van der Waals surface area contributed by atoms with Crippen LogP contribution in [0.3, 0.4) is 0 Å². The van der Waals surface area contributed by atoms with Gasteiger partial charge in [-0.15, -0.1) is 0 Å². The highest BCUT2D eigenvalue weighted by Gasteiger charge is 1.96. The van der Waals surface area contributed by atoms with Gasteiger partial charge in [0.05, 0.1) is 0 Å². The molecule has 2 nitrogen and oxygen atoms in total. The highest BCUT2D eigenvalue weighted by atomic mass is 16.1. The van der Waals surface area contributed by atoms with E-state index in [0.717, 1.165) is 13.0 Å². The van der Waals surface area contributed by atoms with Gasteiger partial charge in [-0.25, -0.2) is 0 Å². The molecule has 0 atom stereocenters. The van der Waals surface area contributed by atoms with E-state index in [1.165, 1.54) is 0 Å². The number of carbonyl (C=O) groups excluding carboxylic acids is 1. The minimum Gasteiger partial charge on any atom is -0.356 e. The Morgan fingerprint density at radius 2 is 2.20 bits per heavy atom. The Balaban J connectivity index is 3.12. The molecule has 0 fully saturated rings. The second-order valence-corrected chi connectivity index (χ2v) is 2.78. The van der Waals surface area contributed by atoms with Gasteiger partial charge < -0.3 is 5.32 Å². The molecule has 59 valence electrons. The lowest BCUT2D eigenvalue weighted by molar-refractivity contribution is -0.120. The van der Waals surface area contributed by atoms with E-state index in [2.05, 4.69) is 26.1 Å². The molecule has 0 aliphatic carbocycles. The Morgan fingerprint density at radius 3 is 2.60 bits per heavy atom. The summed E-state index contributed by atoms with van der Waals surface area (Å²) in [5.41, 5.74) is 0. The van der Waals surface area contributed by atoms with Crippen molar-refractivity contribution in [2.45, 2.75) is 26.7 Å². The van der Waals surface area contributed by atoms with E-state index in [-0.39, 0.29) is 5.91 Å². The Bertz CT molecular complexity index is 99.4. The van der Waals surface area contributed by atoms with E-state index in [9.17, 15) is 4.79 Å². The van der Waals surface area contributed by atoms with Gasteiger partial charge in [-0.1, -0.05) is 13.8 Å². The van der Waals surface area contributed by atoms with Crippen LogP contribution in [0, 0.1) is 12.8 Å². The summed E-state index contributed by atoms with van der Waals surface area (Å²) < 4.78 is 0. The summed E-state index contributed by atoms with van der Waals surface area (Å²) in [4.78, 5) is 10.6. The molecule has 0 aromatic carbocycles. The van der Waals surface area contributed by atoms with E-state index >= 15 is 0 Å². The lowest BCUT2D eigenvalue weighted by Crippen LogP contribution is -2.24. The molecule has 1 radical (unpaired) electrons. The van der Waals surface area contributed by atoms with E-state index in [1.807, 2.05) is 0 Å². The first kappa shape index (κ1) is 9.47. The average molecular weight is 142 g/mol. The summed E-state index contributed by atoms with van der Waals surface area (Å²) >= 11 is 0. The zero-order chi connectivity index (χ0) is 7.98. The maximum absolute atomic E-state index is 10.6. The highest BCUT2D eigenvalue weighted by molar-refractivity contribution is 5.76. The zero-order valence-electron chi connectivity index (χ0n) is 6.81. The van der Waals surface area contributed by atoms with Crippen LogP contribution in [0.25, 0.3) is 0 Å². The van der Waals surface area contributed by atoms with Gasteiger partial charge in [0.2, 0.25) is 5.91 Å². The van der Waals surface area contributed by atoms with Crippen molar-refractivity contribution in [1.82, 2.24) is 5.32 Å². The minimum atomic E-state index is 0.0423. The molecule has 0 heterocycles. The van der Waals surface area contributed by atoms with Crippen LogP contribution in [-0.2, 0) is 4.79 Å². The lowest BCUT2D eigenvalue weighted by Gasteiger charge is -2.04. The first-order valence-electron chi connectivity index (χ1n) is 3.72. The lowest BCUT2D eigenvalue weighted by atomic mass is 10.1. The predicted molar refractivity (Wildman–Crippen MR) is 42.4 cm³/mol. The fourth-order valence-electron chi connectivity index (χ4n) is 0.589. The molecule has 0 aromatic heterocycles. The second-order valence-electron chi connectivity index (χ2n) is 2.78. The van der Waals surface area contributed by atoms with Crippen molar-refractivity contribution in [2.24, 2.45) is 5.92 Å². The fraction of sp³-hybridized carbons (Fsp3) is 0.750. The molecule has 0 unspecified atom stereocenters. The molecule has 1 amide bonds. The number of hydrogen-bond donors (Lipinski definition) is 1. The van der Waals surface area contributed by atoms with Crippen LogP contribution in [-0.4, -0.2) is 12.5 Å². The highest BCUT2D eigenvalue weighted by Crippen LogP contribution is 1.95. The predicted octanol–water partition coefficient (Wildman–Crippen LogP) is 1.37. The molecule has 0 bridgehead atoms. The van der Waals surface area contributed by atoms with Crippen molar-refractivity contribution in [1.29, 1.82) is 0 Å². The van der Waals surface area contributed by atoms with E-state index in [4.69, 9.17) is 0 Å². The standard InChI is InChI=1S/C8H16NO/c1-4-8(10)9-6-5-7(2)3/h7H,1,4-6H2,2-3H3,(H,9,10). The van der Waals surface area contributed by atoms with Crippen LogP contribution in [0.4, 0.5) is 0 Å². The first-order chi connectivity index (χ1) is 4.66. The Labute approximate surface area is 63.0 Å². The topological polar surface area (TPSA) is 29.1 Å². The molecule has 0 saturated carbocycles. The zero-order valence-corrected chi connectivity index (χ0v) is 6.81. The smallest absolute Gasteiger partial charge is 0.219 e. The first-order valence-corrected chi connectivity index (χ1v) is 3.72. The summed E-state index contributed by atoms with van der Waals surface area (Å²) in [6.07, 6.45) is 1.39. The number of rotatable bonds is 4. The van der Waals surface area contributed by atoms with Crippen LogP contribution < -0.4 is 5.32 Å². The molecule has 0 spiro atoms. The second kappa shape index (κ2) is 5.27. The van der Waals surface area contributed by atoms with Crippen LogP contribution in [0.5, 0.6) is 0 Å². The van der Waals surface area contributed by atoms with Gasteiger partial charge >= 0.3 is 0 Å². The molecule has 2 heteroatoms. The third-order valence-corrected chi connectivity index (χ3v) is 1.27. The molecular weight excluding hydrogens is 126 g/mol. The molecule has 1 N–H and O–H groups in total. The van der Waals surface area contributed by atoms with Crippen LogP contribution in [0.2, 0.25) is 0 Å². The van der Waals surface area contributed by atoms with Crippen molar-refractivity contribution < 1.29 is 4.79 Å². The minimum absolute atomic E-state index is 0.0423. The third kappa shape index (κ3) is 5.60. The molecular formula is C8H16NO. The summed E-state index contributed by atoms with van der Waals surface area (Å²) in [5, 5.41) is 2.76. The van der Waals surface area contributed by atoms with Gasteiger partial charge in [-0.05, 0) is 19.3 Å². The van der Waals surface area contributed by atoms with E-state index in [0.29, 0.717) is 12.3 Å². The third-order valence-electron chi connectivity index (χ3n) is 1.27. The molecule has 0 saturated heterocycles. The summed E-state index contributed by atoms with van der Waals surface area (Å²) in [6, 6.07) is 0. The number of nitrogens with one attached hydrogen (secondary N) is 1. The van der Waals surface area contributed by atoms with Gasteiger partial charge in [0.1, 0.15) is 0 Å². The van der Waals surface area contributed by atoms with Crippen molar-refractivity contribution in [3.05, 3.63) is 6.92 Å².